The highest BCUT2D eigenvalue weighted by Crippen LogP contribution is 2.15. The van der Waals surface area contributed by atoms with Crippen molar-refractivity contribution in [2.24, 2.45) is 0 Å². The third kappa shape index (κ3) is 3.48. The molecule has 0 saturated carbocycles. The second-order valence-electron chi connectivity index (χ2n) is 4.55. The maximum atomic E-state index is 12.3. The van der Waals surface area contributed by atoms with E-state index >= 15 is 0 Å². The highest BCUT2D eigenvalue weighted by molar-refractivity contribution is 7.14. The van der Waals surface area contributed by atoms with Crippen molar-refractivity contribution in [3.8, 4) is 11.8 Å². The average Bonchev–Trinajstić information content (AvgIpc) is 3.03. The number of morpholine rings is 1. The smallest absolute Gasteiger partial charge is 0.265 e. The molecule has 21 heavy (non-hydrogen) atoms. The van der Waals surface area contributed by atoms with Gasteiger partial charge in [0, 0.05) is 18.7 Å². The summed E-state index contributed by atoms with van der Waals surface area (Å²) in [5, 5.41) is 0.662. The standard InChI is InChI=1S/C16H14N2O2S/c19-16(18-8-10-20-11-9-18)14-12-17-15(21-14)7-6-13-4-2-1-3-5-13/h1-5,12H,8-11H2. The summed E-state index contributed by atoms with van der Waals surface area (Å²) in [6, 6.07) is 9.73. The molecular formula is C16H14N2O2S. The minimum absolute atomic E-state index is 0.0172. The topological polar surface area (TPSA) is 42.4 Å². The van der Waals surface area contributed by atoms with E-state index < -0.39 is 0 Å². The van der Waals surface area contributed by atoms with Crippen LogP contribution >= 0.6 is 11.3 Å². The number of hydrogen-bond donors (Lipinski definition) is 0. The monoisotopic (exact) mass is 298 g/mol. The van der Waals surface area contributed by atoms with Gasteiger partial charge in [0.05, 0.1) is 19.4 Å². The molecule has 1 amide bonds. The first-order valence-electron chi connectivity index (χ1n) is 6.73. The second-order valence-corrected chi connectivity index (χ2v) is 5.58. The lowest BCUT2D eigenvalue weighted by atomic mass is 10.2. The Hall–Kier alpha value is -2.16. The van der Waals surface area contributed by atoms with Crippen LogP contribution in [0.5, 0.6) is 0 Å². The van der Waals surface area contributed by atoms with Crippen LogP contribution in [0.2, 0.25) is 0 Å². The van der Waals surface area contributed by atoms with Crippen LogP contribution in [-0.4, -0.2) is 42.1 Å². The fraction of sp³-hybridized carbons (Fsp3) is 0.250. The summed E-state index contributed by atoms with van der Waals surface area (Å²) in [5.41, 5.74) is 0.939. The third-order valence-corrected chi connectivity index (χ3v) is 4.00. The number of carbonyl (C=O) groups excluding carboxylic acids is 1. The molecule has 1 aromatic carbocycles. The lowest BCUT2D eigenvalue weighted by Crippen LogP contribution is -2.40. The van der Waals surface area contributed by atoms with E-state index in [2.05, 4.69) is 16.8 Å². The highest BCUT2D eigenvalue weighted by Gasteiger charge is 2.20. The number of nitrogens with zero attached hydrogens (tertiary/aromatic N) is 2. The van der Waals surface area contributed by atoms with Crippen LogP contribution < -0.4 is 0 Å². The summed E-state index contributed by atoms with van der Waals surface area (Å²) < 4.78 is 5.25. The Balaban J connectivity index is 1.71. The molecule has 3 rings (SSSR count). The Morgan fingerprint density at radius 2 is 1.95 bits per heavy atom. The number of amides is 1. The van der Waals surface area contributed by atoms with E-state index in [1.54, 1.807) is 11.1 Å². The molecule has 0 unspecified atom stereocenters. The molecule has 106 valence electrons. The van der Waals surface area contributed by atoms with E-state index in [4.69, 9.17) is 4.74 Å². The quantitative estimate of drug-likeness (QED) is 0.756. The Bertz CT molecular complexity index is 679. The van der Waals surface area contributed by atoms with E-state index in [9.17, 15) is 4.79 Å². The van der Waals surface area contributed by atoms with Gasteiger partial charge in [-0.25, -0.2) is 4.98 Å². The maximum absolute atomic E-state index is 12.3. The lowest BCUT2D eigenvalue weighted by Gasteiger charge is -2.26. The Morgan fingerprint density at radius 1 is 1.19 bits per heavy atom. The third-order valence-electron chi connectivity index (χ3n) is 3.10. The minimum Gasteiger partial charge on any atom is -0.378 e. The molecule has 1 aromatic heterocycles. The molecule has 0 N–H and O–H groups in total. The number of rotatable bonds is 1. The molecule has 4 nitrogen and oxygen atoms in total. The molecule has 0 aliphatic carbocycles. The van der Waals surface area contributed by atoms with E-state index in [0.29, 0.717) is 36.2 Å². The lowest BCUT2D eigenvalue weighted by molar-refractivity contribution is 0.0306. The molecule has 1 fully saturated rings. The highest BCUT2D eigenvalue weighted by atomic mass is 32.1. The fourth-order valence-corrected chi connectivity index (χ4v) is 2.74. The van der Waals surface area contributed by atoms with Gasteiger partial charge < -0.3 is 9.64 Å². The Labute approximate surface area is 127 Å². The van der Waals surface area contributed by atoms with Gasteiger partial charge in [-0.05, 0) is 18.1 Å². The molecule has 0 bridgehead atoms. The first-order valence-corrected chi connectivity index (χ1v) is 7.54. The molecule has 1 saturated heterocycles. The minimum atomic E-state index is 0.0172. The van der Waals surface area contributed by atoms with Gasteiger partial charge in [-0.1, -0.05) is 24.1 Å². The van der Waals surface area contributed by atoms with Crippen LogP contribution in [0.15, 0.2) is 36.5 Å². The van der Waals surface area contributed by atoms with Gasteiger partial charge in [-0.15, -0.1) is 11.3 Å². The zero-order valence-corrected chi connectivity index (χ0v) is 12.2. The molecule has 0 spiro atoms. The van der Waals surface area contributed by atoms with E-state index in [0.717, 1.165) is 5.56 Å². The maximum Gasteiger partial charge on any atom is 0.265 e. The van der Waals surface area contributed by atoms with Gasteiger partial charge in [-0.2, -0.15) is 0 Å². The van der Waals surface area contributed by atoms with Gasteiger partial charge >= 0.3 is 0 Å². The zero-order valence-electron chi connectivity index (χ0n) is 11.4. The van der Waals surface area contributed by atoms with Crippen LogP contribution in [0, 0.1) is 11.8 Å². The molecule has 1 aliphatic rings. The van der Waals surface area contributed by atoms with Crippen LogP contribution in [0.4, 0.5) is 0 Å². The Morgan fingerprint density at radius 3 is 2.71 bits per heavy atom. The van der Waals surface area contributed by atoms with Crippen molar-refractivity contribution in [1.82, 2.24) is 9.88 Å². The number of thiazole rings is 1. The largest absolute Gasteiger partial charge is 0.378 e. The normalized spacial score (nSPS) is 14.4. The van der Waals surface area contributed by atoms with Gasteiger partial charge in [0.2, 0.25) is 0 Å². The van der Waals surface area contributed by atoms with Crippen LogP contribution in [-0.2, 0) is 4.74 Å². The molecule has 1 aliphatic heterocycles. The summed E-state index contributed by atoms with van der Waals surface area (Å²) in [6.45, 7) is 2.49. The van der Waals surface area contributed by atoms with E-state index in [1.165, 1.54) is 11.3 Å². The fourth-order valence-electron chi connectivity index (χ4n) is 2.00. The number of hydrogen-bond acceptors (Lipinski definition) is 4. The zero-order chi connectivity index (χ0) is 14.5. The van der Waals surface area contributed by atoms with E-state index in [-0.39, 0.29) is 5.91 Å². The molecule has 5 heteroatoms. The van der Waals surface area contributed by atoms with Crippen molar-refractivity contribution in [3.05, 3.63) is 52.0 Å². The van der Waals surface area contributed by atoms with Gasteiger partial charge in [0.15, 0.2) is 5.01 Å². The first-order chi connectivity index (χ1) is 10.3. The second kappa shape index (κ2) is 6.53. The van der Waals surface area contributed by atoms with Crippen molar-refractivity contribution < 1.29 is 9.53 Å². The van der Waals surface area contributed by atoms with Crippen molar-refractivity contribution in [3.63, 3.8) is 0 Å². The van der Waals surface area contributed by atoms with Crippen LogP contribution in [0.3, 0.4) is 0 Å². The predicted octanol–water partition coefficient (Wildman–Crippen LogP) is 2.02. The van der Waals surface area contributed by atoms with Gasteiger partial charge in [0.25, 0.3) is 5.91 Å². The predicted molar refractivity (Wildman–Crippen MR) is 81.3 cm³/mol. The molecule has 2 heterocycles. The summed E-state index contributed by atoms with van der Waals surface area (Å²) in [7, 11) is 0. The number of ether oxygens (including phenoxy) is 1. The number of aromatic nitrogens is 1. The Kier molecular flexibility index (Phi) is 4.29. The molecule has 0 atom stereocenters. The number of benzene rings is 1. The van der Waals surface area contributed by atoms with E-state index in [1.807, 2.05) is 30.3 Å². The first kappa shape index (κ1) is 13.8. The van der Waals surface area contributed by atoms with Gasteiger partial charge in [0.1, 0.15) is 4.88 Å². The SMILES string of the molecule is O=C(c1cnc(C#Cc2ccccc2)s1)N1CCOCC1. The summed E-state index contributed by atoms with van der Waals surface area (Å²) in [4.78, 5) is 18.9. The van der Waals surface area contributed by atoms with Crippen molar-refractivity contribution in [2.45, 2.75) is 0 Å². The molecule has 2 aromatic rings. The average molecular weight is 298 g/mol. The van der Waals surface area contributed by atoms with Crippen LogP contribution in [0.25, 0.3) is 0 Å². The summed E-state index contributed by atoms with van der Waals surface area (Å²) in [6.07, 6.45) is 1.61. The van der Waals surface area contributed by atoms with Crippen molar-refractivity contribution in [2.75, 3.05) is 26.3 Å². The van der Waals surface area contributed by atoms with Gasteiger partial charge in [-0.3, -0.25) is 4.79 Å². The molecule has 0 radical (unpaired) electrons. The summed E-state index contributed by atoms with van der Waals surface area (Å²) >= 11 is 1.34. The van der Waals surface area contributed by atoms with Crippen LogP contribution in [0.1, 0.15) is 20.2 Å². The summed E-state index contributed by atoms with van der Waals surface area (Å²) in [5.74, 6) is 6.06. The number of carbonyl (C=O) groups is 1. The van der Waals surface area contributed by atoms with Crippen molar-refractivity contribution >= 4 is 17.2 Å². The van der Waals surface area contributed by atoms with Crippen molar-refractivity contribution in [1.29, 1.82) is 0 Å². The molecular weight excluding hydrogens is 284 g/mol.